The van der Waals surface area contributed by atoms with Gasteiger partial charge in [-0.1, -0.05) is 12.1 Å². The number of methoxy groups -OCH3 is 1. The van der Waals surface area contributed by atoms with Gasteiger partial charge in [-0.2, -0.15) is 0 Å². The Morgan fingerprint density at radius 2 is 1.65 bits per heavy atom. The van der Waals surface area contributed by atoms with Crippen molar-refractivity contribution >= 4 is 27.6 Å². The fraction of sp³-hybridized carbons (Fsp3) is 0.167. The average molecular weight is 374 g/mol. The number of carbonyl (C=O) groups is 3. The summed E-state index contributed by atoms with van der Waals surface area (Å²) in [5.74, 6) is -2.08. The van der Waals surface area contributed by atoms with Crippen LogP contribution in [0, 0.1) is 0 Å². The second-order valence-corrected chi connectivity index (χ2v) is 7.50. The number of hydrogen-bond donors (Lipinski definition) is 0. The van der Waals surface area contributed by atoms with Crippen molar-refractivity contribution in [3.05, 3.63) is 59.2 Å². The smallest absolute Gasteiger partial charge is 0.346 e. The van der Waals surface area contributed by atoms with E-state index in [1.165, 1.54) is 37.3 Å². The Balaban J connectivity index is 2.04. The average Bonchev–Trinajstić information content (AvgIpc) is 2.65. The summed E-state index contributed by atoms with van der Waals surface area (Å²) < 4.78 is 35.0. The molecule has 0 aliphatic carbocycles. The molecule has 0 bridgehead atoms. The first-order valence-corrected chi connectivity index (χ1v) is 9.07. The molecule has 1 aliphatic heterocycles. The van der Waals surface area contributed by atoms with Gasteiger partial charge in [0.15, 0.2) is 11.9 Å². The van der Waals surface area contributed by atoms with Crippen LogP contribution in [-0.2, 0) is 24.1 Å². The molecule has 8 heteroatoms. The van der Waals surface area contributed by atoms with Gasteiger partial charge in [0.25, 0.3) is 0 Å². The zero-order chi connectivity index (χ0) is 19.1. The largest absolute Gasteiger partial charge is 0.466 e. The predicted molar refractivity (Wildman–Crippen MR) is 88.7 cm³/mol. The Labute approximate surface area is 149 Å². The first-order valence-electron chi connectivity index (χ1n) is 7.59. The van der Waals surface area contributed by atoms with Crippen LogP contribution in [0.15, 0.2) is 52.3 Å². The SMILES string of the molecule is COC(=O)[C@@H](C)OC(=O)c1ccc2c(c1)S(=O)(=O)c1ccccc1C2=O. The lowest BCUT2D eigenvalue weighted by Crippen LogP contribution is -2.26. The van der Waals surface area contributed by atoms with Crippen molar-refractivity contribution in [3.63, 3.8) is 0 Å². The third-order valence-corrected chi connectivity index (χ3v) is 5.84. The molecule has 0 radical (unpaired) electrons. The molecule has 0 unspecified atom stereocenters. The summed E-state index contributed by atoms with van der Waals surface area (Å²) in [6, 6.07) is 9.53. The molecule has 0 aromatic heterocycles. The number of hydrogen-bond acceptors (Lipinski definition) is 7. The molecule has 0 saturated heterocycles. The van der Waals surface area contributed by atoms with E-state index in [-0.39, 0.29) is 26.5 Å². The number of ketones is 1. The van der Waals surface area contributed by atoms with Crippen molar-refractivity contribution in [2.24, 2.45) is 0 Å². The summed E-state index contributed by atoms with van der Waals surface area (Å²) in [6.07, 6.45) is -1.15. The van der Waals surface area contributed by atoms with Gasteiger partial charge in [-0.3, -0.25) is 4.79 Å². The van der Waals surface area contributed by atoms with E-state index in [0.29, 0.717) is 0 Å². The van der Waals surface area contributed by atoms with Crippen LogP contribution in [-0.4, -0.2) is 39.4 Å². The fourth-order valence-electron chi connectivity index (χ4n) is 2.65. The molecule has 0 amide bonds. The Kier molecular flexibility index (Phi) is 4.37. The Bertz CT molecular complexity index is 1040. The third kappa shape index (κ3) is 2.78. The molecule has 0 N–H and O–H groups in total. The summed E-state index contributed by atoms with van der Waals surface area (Å²) >= 11 is 0. The molecule has 134 valence electrons. The summed E-state index contributed by atoms with van der Waals surface area (Å²) in [6.45, 7) is 1.33. The summed E-state index contributed by atoms with van der Waals surface area (Å²) in [5, 5.41) is 0. The number of sulfone groups is 1. The van der Waals surface area contributed by atoms with Gasteiger partial charge >= 0.3 is 11.9 Å². The standard InChI is InChI=1S/C18H14O7S/c1-10(17(20)24-2)25-18(21)11-7-8-13-15(9-11)26(22,23)14-6-4-3-5-12(14)16(13)19/h3-10H,1-2H3/t10-/m1/s1. The second kappa shape index (κ2) is 6.38. The van der Waals surface area contributed by atoms with Gasteiger partial charge in [0.2, 0.25) is 9.84 Å². The van der Waals surface area contributed by atoms with E-state index in [4.69, 9.17) is 4.74 Å². The zero-order valence-electron chi connectivity index (χ0n) is 13.9. The zero-order valence-corrected chi connectivity index (χ0v) is 14.7. The Morgan fingerprint density at radius 1 is 1.00 bits per heavy atom. The fourth-order valence-corrected chi connectivity index (χ4v) is 4.33. The van der Waals surface area contributed by atoms with Crippen molar-refractivity contribution in [2.45, 2.75) is 22.8 Å². The van der Waals surface area contributed by atoms with Gasteiger partial charge < -0.3 is 9.47 Å². The number of esters is 2. The van der Waals surface area contributed by atoms with Gasteiger partial charge in [-0.05, 0) is 37.3 Å². The van der Waals surface area contributed by atoms with Crippen LogP contribution in [0.1, 0.15) is 33.2 Å². The molecule has 2 aromatic carbocycles. The highest BCUT2D eigenvalue weighted by atomic mass is 32.2. The highest BCUT2D eigenvalue weighted by molar-refractivity contribution is 7.91. The molecule has 1 atom stereocenters. The summed E-state index contributed by atoms with van der Waals surface area (Å²) in [5.41, 5.74) is -0.00818. The molecule has 0 spiro atoms. The molecule has 26 heavy (non-hydrogen) atoms. The molecular formula is C18H14O7S. The number of benzene rings is 2. The Morgan fingerprint density at radius 3 is 2.35 bits per heavy atom. The lowest BCUT2D eigenvalue weighted by atomic mass is 10.0. The van der Waals surface area contributed by atoms with Gasteiger partial charge in [0, 0.05) is 11.1 Å². The van der Waals surface area contributed by atoms with E-state index in [2.05, 4.69) is 4.74 Å². The maximum atomic E-state index is 12.8. The van der Waals surface area contributed by atoms with Gasteiger partial charge in [0.1, 0.15) is 0 Å². The topological polar surface area (TPSA) is 104 Å². The van der Waals surface area contributed by atoms with Crippen LogP contribution in [0.4, 0.5) is 0 Å². The maximum absolute atomic E-state index is 12.8. The maximum Gasteiger partial charge on any atom is 0.346 e. The lowest BCUT2D eigenvalue weighted by molar-refractivity contribution is -0.149. The molecule has 7 nitrogen and oxygen atoms in total. The highest BCUT2D eigenvalue weighted by Gasteiger charge is 2.35. The molecular weight excluding hydrogens is 360 g/mol. The van der Waals surface area contributed by atoms with E-state index < -0.39 is 33.7 Å². The number of ether oxygens (including phenoxy) is 2. The second-order valence-electron chi connectivity index (χ2n) is 5.61. The van der Waals surface area contributed by atoms with Crippen molar-refractivity contribution in [1.82, 2.24) is 0 Å². The van der Waals surface area contributed by atoms with Crippen LogP contribution in [0.3, 0.4) is 0 Å². The quantitative estimate of drug-likeness (QED) is 0.644. The van der Waals surface area contributed by atoms with Crippen molar-refractivity contribution < 1.29 is 32.3 Å². The monoisotopic (exact) mass is 374 g/mol. The minimum atomic E-state index is -3.96. The molecule has 0 saturated carbocycles. The normalized spacial score (nSPS) is 15.4. The number of carbonyl (C=O) groups excluding carboxylic acids is 3. The van der Waals surface area contributed by atoms with E-state index >= 15 is 0 Å². The van der Waals surface area contributed by atoms with Gasteiger partial charge in [-0.15, -0.1) is 0 Å². The van der Waals surface area contributed by atoms with Crippen LogP contribution < -0.4 is 0 Å². The number of rotatable bonds is 3. The van der Waals surface area contributed by atoms with E-state index in [9.17, 15) is 22.8 Å². The first kappa shape index (κ1) is 17.8. The molecule has 1 aliphatic rings. The van der Waals surface area contributed by atoms with Gasteiger partial charge in [0.05, 0.1) is 22.5 Å². The van der Waals surface area contributed by atoms with Crippen LogP contribution in [0.5, 0.6) is 0 Å². The van der Waals surface area contributed by atoms with Crippen molar-refractivity contribution in [3.8, 4) is 0 Å². The minimum Gasteiger partial charge on any atom is -0.466 e. The first-order chi connectivity index (χ1) is 12.3. The molecule has 2 aromatic rings. The predicted octanol–water partition coefficient (Wildman–Crippen LogP) is 1.78. The molecule has 1 heterocycles. The number of fused-ring (bicyclic) bond motifs is 2. The summed E-state index contributed by atoms with van der Waals surface area (Å²) in [7, 11) is -2.81. The summed E-state index contributed by atoms with van der Waals surface area (Å²) in [4.78, 5) is 35.7. The minimum absolute atomic E-state index is 0.0127. The molecule has 3 rings (SSSR count). The van der Waals surface area contributed by atoms with Crippen molar-refractivity contribution in [1.29, 1.82) is 0 Å². The van der Waals surface area contributed by atoms with E-state index in [1.54, 1.807) is 6.07 Å². The van der Waals surface area contributed by atoms with Crippen LogP contribution >= 0.6 is 0 Å². The van der Waals surface area contributed by atoms with Crippen LogP contribution in [0.2, 0.25) is 0 Å². The van der Waals surface area contributed by atoms with Crippen LogP contribution in [0.25, 0.3) is 0 Å². The van der Waals surface area contributed by atoms with Crippen molar-refractivity contribution in [2.75, 3.05) is 7.11 Å². The Hall–Kier alpha value is -3.00. The lowest BCUT2D eigenvalue weighted by Gasteiger charge is -2.19. The van der Waals surface area contributed by atoms with E-state index in [0.717, 1.165) is 13.2 Å². The highest BCUT2D eigenvalue weighted by Crippen LogP contribution is 2.34. The molecule has 0 fully saturated rings. The third-order valence-electron chi connectivity index (χ3n) is 3.99. The van der Waals surface area contributed by atoms with Gasteiger partial charge in [-0.25, -0.2) is 18.0 Å². The van der Waals surface area contributed by atoms with E-state index in [1.807, 2.05) is 0 Å².